The van der Waals surface area contributed by atoms with E-state index < -0.39 is 10.0 Å². The maximum Gasteiger partial charge on any atom is 0.264 e. The number of sulfonamides is 1. The molecular weight excluding hydrogens is 276 g/mol. The average Bonchev–Trinajstić information content (AvgIpc) is 2.46. The minimum Gasteiger partial charge on any atom is -0.405 e. The van der Waals surface area contributed by atoms with Crippen molar-refractivity contribution in [3.8, 4) is 0 Å². The fraction of sp³-hybridized carbons (Fsp3) is 0.0769. The lowest BCUT2D eigenvalue weighted by molar-refractivity contribution is 0.601. The third-order valence-corrected chi connectivity index (χ3v) is 3.80. The Kier molecular flexibility index (Phi) is 4.31. The van der Waals surface area contributed by atoms with Crippen molar-refractivity contribution in [2.24, 2.45) is 5.73 Å². The van der Waals surface area contributed by atoms with Crippen LogP contribution in [0.2, 0.25) is 0 Å². The first-order valence-electron chi connectivity index (χ1n) is 5.88. The quantitative estimate of drug-likeness (QED) is 0.864. The zero-order valence-corrected chi connectivity index (χ0v) is 11.4. The maximum atomic E-state index is 12.1. The van der Waals surface area contributed by atoms with Gasteiger partial charge in [0.15, 0.2) is 0 Å². The molecule has 7 heteroatoms. The number of rotatable bonds is 5. The van der Waals surface area contributed by atoms with E-state index in [9.17, 15) is 8.42 Å². The number of aromatic nitrogens is 2. The molecule has 0 aliphatic heterocycles. The van der Waals surface area contributed by atoms with Gasteiger partial charge in [0.25, 0.3) is 10.0 Å². The molecule has 1 aromatic heterocycles. The SMILES string of the molecule is NC=CCc1ccnc(NS(=O)(=O)c2ccccc2)n1. The van der Waals surface area contributed by atoms with Crippen LogP contribution in [0.4, 0.5) is 5.95 Å². The predicted molar refractivity (Wildman–Crippen MR) is 76.3 cm³/mol. The first kappa shape index (κ1) is 14.0. The van der Waals surface area contributed by atoms with Crippen LogP contribution in [0.15, 0.2) is 59.8 Å². The van der Waals surface area contributed by atoms with Crippen molar-refractivity contribution in [2.45, 2.75) is 11.3 Å². The summed E-state index contributed by atoms with van der Waals surface area (Å²) in [5, 5.41) is 0. The molecule has 0 spiro atoms. The lowest BCUT2D eigenvalue weighted by Gasteiger charge is -2.07. The Morgan fingerprint density at radius 2 is 1.95 bits per heavy atom. The molecule has 0 saturated carbocycles. The maximum absolute atomic E-state index is 12.1. The van der Waals surface area contributed by atoms with E-state index in [1.807, 2.05) is 0 Å². The lowest BCUT2D eigenvalue weighted by Crippen LogP contribution is -2.15. The first-order chi connectivity index (χ1) is 9.62. The van der Waals surface area contributed by atoms with E-state index in [0.717, 1.165) is 0 Å². The Labute approximate surface area is 117 Å². The van der Waals surface area contributed by atoms with Crippen LogP contribution < -0.4 is 10.5 Å². The number of hydrogen-bond donors (Lipinski definition) is 2. The fourth-order valence-electron chi connectivity index (χ4n) is 1.53. The van der Waals surface area contributed by atoms with Gasteiger partial charge in [0.2, 0.25) is 5.95 Å². The molecule has 0 fully saturated rings. The van der Waals surface area contributed by atoms with Crippen molar-refractivity contribution in [1.82, 2.24) is 9.97 Å². The number of hydrogen-bond acceptors (Lipinski definition) is 5. The van der Waals surface area contributed by atoms with Crippen molar-refractivity contribution in [2.75, 3.05) is 4.72 Å². The number of nitrogens with two attached hydrogens (primary N) is 1. The van der Waals surface area contributed by atoms with Crippen molar-refractivity contribution in [3.63, 3.8) is 0 Å². The van der Waals surface area contributed by atoms with E-state index in [0.29, 0.717) is 12.1 Å². The molecule has 0 atom stereocenters. The molecule has 1 aromatic carbocycles. The number of nitrogens with zero attached hydrogens (tertiary/aromatic N) is 2. The minimum absolute atomic E-state index is 0.0387. The van der Waals surface area contributed by atoms with Crippen LogP contribution >= 0.6 is 0 Å². The van der Waals surface area contributed by atoms with Gasteiger partial charge in [0, 0.05) is 18.3 Å². The minimum atomic E-state index is -3.67. The second-order valence-corrected chi connectivity index (χ2v) is 5.60. The molecule has 3 N–H and O–H groups in total. The lowest BCUT2D eigenvalue weighted by atomic mass is 10.3. The van der Waals surface area contributed by atoms with Crippen molar-refractivity contribution in [3.05, 3.63) is 60.6 Å². The van der Waals surface area contributed by atoms with Gasteiger partial charge < -0.3 is 5.73 Å². The summed E-state index contributed by atoms with van der Waals surface area (Å²) in [6, 6.07) is 9.75. The second-order valence-electron chi connectivity index (χ2n) is 3.92. The Balaban J connectivity index is 2.21. The zero-order chi connectivity index (χ0) is 14.4. The summed E-state index contributed by atoms with van der Waals surface area (Å²) in [5.74, 6) is 0.0387. The van der Waals surface area contributed by atoms with Crippen LogP contribution in [0.1, 0.15) is 5.69 Å². The van der Waals surface area contributed by atoms with Crippen LogP contribution in [0.3, 0.4) is 0 Å². The number of nitrogens with one attached hydrogen (secondary N) is 1. The molecule has 1 heterocycles. The van der Waals surface area contributed by atoms with Gasteiger partial charge in [-0.25, -0.2) is 23.1 Å². The van der Waals surface area contributed by atoms with Crippen LogP contribution in [0, 0.1) is 0 Å². The molecular formula is C13H14N4O2S. The van der Waals surface area contributed by atoms with Gasteiger partial charge in [0.1, 0.15) is 0 Å². The monoisotopic (exact) mass is 290 g/mol. The highest BCUT2D eigenvalue weighted by Crippen LogP contribution is 2.12. The molecule has 2 rings (SSSR count). The zero-order valence-electron chi connectivity index (χ0n) is 10.6. The van der Waals surface area contributed by atoms with Crippen molar-refractivity contribution < 1.29 is 8.42 Å². The first-order valence-corrected chi connectivity index (χ1v) is 7.36. The summed E-state index contributed by atoms with van der Waals surface area (Å²) in [6.45, 7) is 0. The van der Waals surface area contributed by atoms with E-state index in [1.54, 1.807) is 30.3 Å². The van der Waals surface area contributed by atoms with Gasteiger partial charge in [-0.15, -0.1) is 0 Å². The van der Waals surface area contributed by atoms with Crippen LogP contribution in [0.25, 0.3) is 0 Å². The summed E-state index contributed by atoms with van der Waals surface area (Å²) in [7, 11) is -3.67. The molecule has 0 radical (unpaired) electrons. The fourth-order valence-corrected chi connectivity index (χ4v) is 2.50. The summed E-state index contributed by atoms with van der Waals surface area (Å²) in [5.41, 5.74) is 5.93. The highest BCUT2D eigenvalue weighted by molar-refractivity contribution is 7.92. The highest BCUT2D eigenvalue weighted by Gasteiger charge is 2.14. The normalized spacial score (nSPS) is 11.6. The molecule has 0 bridgehead atoms. The van der Waals surface area contributed by atoms with Gasteiger partial charge in [-0.05, 0) is 24.4 Å². The Morgan fingerprint density at radius 1 is 1.20 bits per heavy atom. The summed E-state index contributed by atoms with van der Waals surface area (Å²) < 4.78 is 26.5. The largest absolute Gasteiger partial charge is 0.405 e. The molecule has 20 heavy (non-hydrogen) atoms. The van der Waals surface area contributed by atoms with E-state index in [-0.39, 0.29) is 10.8 Å². The van der Waals surface area contributed by atoms with Gasteiger partial charge in [-0.3, -0.25) is 0 Å². The molecule has 0 saturated heterocycles. The van der Waals surface area contributed by atoms with Gasteiger partial charge in [-0.2, -0.15) is 0 Å². The number of anilines is 1. The van der Waals surface area contributed by atoms with E-state index in [1.165, 1.54) is 24.5 Å². The van der Waals surface area contributed by atoms with Crippen LogP contribution in [-0.2, 0) is 16.4 Å². The summed E-state index contributed by atoms with van der Waals surface area (Å²) in [6.07, 6.45) is 5.14. The number of benzene rings is 1. The third-order valence-electron chi connectivity index (χ3n) is 2.46. The van der Waals surface area contributed by atoms with Gasteiger partial charge in [0.05, 0.1) is 4.90 Å². The van der Waals surface area contributed by atoms with Gasteiger partial charge in [-0.1, -0.05) is 24.3 Å². The Hall–Kier alpha value is -2.41. The van der Waals surface area contributed by atoms with Gasteiger partial charge >= 0.3 is 0 Å². The third kappa shape index (κ3) is 3.55. The topological polar surface area (TPSA) is 98.0 Å². The molecule has 0 aliphatic rings. The second kappa shape index (κ2) is 6.16. The highest BCUT2D eigenvalue weighted by atomic mass is 32.2. The van der Waals surface area contributed by atoms with E-state index >= 15 is 0 Å². The molecule has 2 aromatic rings. The van der Waals surface area contributed by atoms with E-state index in [4.69, 9.17) is 5.73 Å². The summed E-state index contributed by atoms with van der Waals surface area (Å²) in [4.78, 5) is 8.18. The predicted octanol–water partition coefficient (Wildman–Crippen LogP) is 1.29. The van der Waals surface area contributed by atoms with Crippen LogP contribution in [-0.4, -0.2) is 18.4 Å². The molecule has 0 unspecified atom stereocenters. The number of allylic oxidation sites excluding steroid dienone is 1. The molecule has 104 valence electrons. The van der Waals surface area contributed by atoms with E-state index in [2.05, 4.69) is 14.7 Å². The van der Waals surface area contributed by atoms with Crippen molar-refractivity contribution >= 4 is 16.0 Å². The van der Waals surface area contributed by atoms with Crippen LogP contribution in [0.5, 0.6) is 0 Å². The molecule has 6 nitrogen and oxygen atoms in total. The smallest absolute Gasteiger partial charge is 0.264 e. The Bertz CT molecular complexity index is 699. The molecule has 0 amide bonds. The molecule has 0 aliphatic carbocycles. The van der Waals surface area contributed by atoms with Crippen molar-refractivity contribution in [1.29, 1.82) is 0 Å². The summed E-state index contributed by atoms with van der Waals surface area (Å²) >= 11 is 0. The standard InChI is InChI=1S/C13H14N4O2S/c14-9-4-5-11-8-10-15-13(16-11)17-20(18,19)12-6-2-1-3-7-12/h1-4,6-10H,5,14H2,(H,15,16,17). The Morgan fingerprint density at radius 3 is 2.65 bits per heavy atom. The average molecular weight is 290 g/mol.